The number of aromatic nitrogens is 2. The lowest BCUT2D eigenvalue weighted by Gasteiger charge is -1.98. The van der Waals surface area contributed by atoms with Gasteiger partial charge in [-0.15, -0.1) is 0 Å². The van der Waals surface area contributed by atoms with Crippen LogP contribution in [0, 0.1) is 0 Å². The van der Waals surface area contributed by atoms with Gasteiger partial charge in [-0.05, 0) is 12.1 Å². The van der Waals surface area contributed by atoms with Crippen LogP contribution < -0.4 is 5.73 Å². The lowest BCUT2D eigenvalue weighted by Crippen LogP contribution is -2.03. The third-order valence-corrected chi connectivity index (χ3v) is 2.13. The second-order valence-corrected chi connectivity index (χ2v) is 3.07. The summed E-state index contributed by atoms with van der Waals surface area (Å²) in [7, 11) is 1.67. The van der Waals surface area contributed by atoms with E-state index in [4.69, 9.17) is 10.8 Å². The topological polar surface area (TPSA) is 81.1 Å². The van der Waals surface area contributed by atoms with Gasteiger partial charge in [0.15, 0.2) is 0 Å². The van der Waals surface area contributed by atoms with Gasteiger partial charge in [0.1, 0.15) is 5.69 Å². The van der Waals surface area contributed by atoms with Crippen molar-refractivity contribution in [1.82, 2.24) is 9.55 Å². The number of aromatic carboxylic acids is 1. The molecule has 14 heavy (non-hydrogen) atoms. The van der Waals surface area contributed by atoms with Gasteiger partial charge in [-0.25, -0.2) is 4.79 Å². The Labute approximate surface area is 79.8 Å². The van der Waals surface area contributed by atoms with Crippen molar-refractivity contribution in [2.24, 2.45) is 7.05 Å². The molecule has 5 heteroatoms. The minimum atomic E-state index is -0.968. The van der Waals surface area contributed by atoms with E-state index in [2.05, 4.69) is 4.98 Å². The third-order valence-electron chi connectivity index (χ3n) is 2.13. The second-order valence-electron chi connectivity index (χ2n) is 3.07. The number of aryl methyl sites for hydroxylation is 1. The fourth-order valence-corrected chi connectivity index (χ4v) is 1.42. The molecule has 0 atom stereocenters. The molecular weight excluding hydrogens is 182 g/mol. The predicted molar refractivity (Wildman–Crippen MR) is 52.1 cm³/mol. The number of nitrogens with two attached hydrogens (primary N) is 1. The molecule has 0 amide bonds. The van der Waals surface area contributed by atoms with Crippen LogP contribution in [0.25, 0.3) is 11.0 Å². The Hall–Kier alpha value is -2.04. The summed E-state index contributed by atoms with van der Waals surface area (Å²) in [6.07, 6.45) is 1.51. The van der Waals surface area contributed by atoms with Crippen molar-refractivity contribution in [3.63, 3.8) is 0 Å². The molecule has 0 unspecified atom stereocenters. The van der Waals surface area contributed by atoms with Crippen LogP contribution in [-0.2, 0) is 7.05 Å². The number of carboxylic acids is 1. The minimum Gasteiger partial charge on any atom is -0.477 e. The first-order valence-electron chi connectivity index (χ1n) is 4.04. The monoisotopic (exact) mass is 191 g/mol. The van der Waals surface area contributed by atoms with E-state index in [1.165, 1.54) is 12.3 Å². The number of anilines is 1. The molecule has 0 aliphatic rings. The maximum Gasteiger partial charge on any atom is 0.352 e. The van der Waals surface area contributed by atoms with E-state index in [0.29, 0.717) is 11.2 Å². The Balaban J connectivity index is 2.80. The molecule has 0 saturated heterocycles. The summed E-state index contributed by atoms with van der Waals surface area (Å²) in [4.78, 5) is 14.8. The molecule has 5 nitrogen and oxygen atoms in total. The Morgan fingerprint density at radius 1 is 1.57 bits per heavy atom. The van der Waals surface area contributed by atoms with Gasteiger partial charge in [-0.1, -0.05) is 0 Å². The van der Waals surface area contributed by atoms with E-state index < -0.39 is 5.97 Å². The number of nitrogen functional groups attached to an aromatic ring is 1. The molecule has 3 N–H and O–H groups in total. The molecule has 0 radical (unpaired) electrons. The van der Waals surface area contributed by atoms with Crippen molar-refractivity contribution in [3.8, 4) is 0 Å². The van der Waals surface area contributed by atoms with E-state index in [9.17, 15) is 4.79 Å². The van der Waals surface area contributed by atoms with E-state index in [0.717, 1.165) is 5.52 Å². The lowest BCUT2D eigenvalue weighted by atomic mass is 10.3. The number of hydrogen-bond donors (Lipinski definition) is 2. The molecular formula is C9H9N3O2. The molecule has 0 fully saturated rings. The van der Waals surface area contributed by atoms with Crippen LogP contribution in [0.5, 0.6) is 0 Å². The van der Waals surface area contributed by atoms with E-state index >= 15 is 0 Å². The maximum atomic E-state index is 10.8. The minimum absolute atomic E-state index is 0.207. The first-order chi connectivity index (χ1) is 6.59. The van der Waals surface area contributed by atoms with Gasteiger partial charge in [0.25, 0.3) is 0 Å². The van der Waals surface area contributed by atoms with Crippen molar-refractivity contribution in [2.75, 3.05) is 5.73 Å². The first kappa shape index (κ1) is 8.55. The Morgan fingerprint density at radius 2 is 2.29 bits per heavy atom. The smallest absolute Gasteiger partial charge is 0.352 e. The molecule has 0 aliphatic carbocycles. The number of carboxylic acid groups (broad SMARTS) is 1. The second kappa shape index (κ2) is 2.73. The Bertz CT molecular complexity index is 516. The average molecular weight is 191 g/mol. The number of rotatable bonds is 1. The summed E-state index contributed by atoms with van der Waals surface area (Å²) < 4.78 is 1.56. The van der Waals surface area contributed by atoms with Gasteiger partial charge in [0, 0.05) is 7.05 Å². The summed E-state index contributed by atoms with van der Waals surface area (Å²) in [5, 5.41) is 8.86. The molecule has 72 valence electrons. The lowest BCUT2D eigenvalue weighted by molar-refractivity contribution is 0.0687. The quantitative estimate of drug-likeness (QED) is 0.700. The van der Waals surface area contributed by atoms with Crippen LogP contribution in [0.15, 0.2) is 18.3 Å². The van der Waals surface area contributed by atoms with Crippen molar-refractivity contribution in [1.29, 1.82) is 0 Å². The SMILES string of the molecule is Cn1c(C(=O)O)cc2ncc(N)cc21. The Morgan fingerprint density at radius 3 is 2.93 bits per heavy atom. The van der Waals surface area contributed by atoms with E-state index in [1.54, 1.807) is 17.7 Å². The highest BCUT2D eigenvalue weighted by Gasteiger charge is 2.12. The number of nitrogens with zero attached hydrogens (tertiary/aromatic N) is 2. The van der Waals surface area contributed by atoms with Crippen LogP contribution in [0.4, 0.5) is 5.69 Å². The first-order valence-corrected chi connectivity index (χ1v) is 4.04. The highest BCUT2D eigenvalue weighted by molar-refractivity contribution is 5.93. The van der Waals surface area contributed by atoms with Gasteiger partial charge in [-0.3, -0.25) is 4.98 Å². The van der Waals surface area contributed by atoms with Crippen LogP contribution in [0.1, 0.15) is 10.5 Å². The summed E-state index contributed by atoms with van der Waals surface area (Å²) >= 11 is 0. The number of carbonyl (C=O) groups is 1. The number of fused-ring (bicyclic) bond motifs is 1. The molecule has 2 aromatic rings. The van der Waals surface area contributed by atoms with Crippen molar-refractivity contribution >= 4 is 22.7 Å². The molecule has 0 spiro atoms. The number of hydrogen-bond acceptors (Lipinski definition) is 3. The molecule has 2 heterocycles. The van der Waals surface area contributed by atoms with Crippen LogP contribution in [0.2, 0.25) is 0 Å². The molecule has 2 rings (SSSR count). The van der Waals surface area contributed by atoms with Gasteiger partial charge in [0.2, 0.25) is 0 Å². The average Bonchev–Trinajstić information content (AvgIpc) is 2.44. The fourth-order valence-electron chi connectivity index (χ4n) is 1.42. The maximum absolute atomic E-state index is 10.8. The van der Waals surface area contributed by atoms with Crippen LogP contribution in [-0.4, -0.2) is 20.6 Å². The molecule has 0 aliphatic heterocycles. The highest BCUT2D eigenvalue weighted by Crippen LogP contribution is 2.18. The van der Waals surface area contributed by atoms with Crippen molar-refractivity contribution in [2.45, 2.75) is 0 Å². The normalized spacial score (nSPS) is 10.6. The standard InChI is InChI=1S/C9H9N3O2/c1-12-7-2-5(10)4-11-6(7)3-8(12)9(13)14/h2-4H,10H2,1H3,(H,13,14). The largest absolute Gasteiger partial charge is 0.477 e. The third kappa shape index (κ3) is 1.10. The van der Waals surface area contributed by atoms with Crippen molar-refractivity contribution < 1.29 is 9.90 Å². The summed E-state index contributed by atoms with van der Waals surface area (Å²) in [6.45, 7) is 0. The zero-order valence-corrected chi connectivity index (χ0v) is 7.56. The zero-order valence-electron chi connectivity index (χ0n) is 7.56. The van der Waals surface area contributed by atoms with Crippen LogP contribution >= 0.6 is 0 Å². The summed E-state index contributed by atoms with van der Waals surface area (Å²) in [5.74, 6) is -0.968. The summed E-state index contributed by atoms with van der Waals surface area (Å²) in [6, 6.07) is 3.23. The van der Waals surface area contributed by atoms with Crippen LogP contribution in [0.3, 0.4) is 0 Å². The van der Waals surface area contributed by atoms with Gasteiger partial charge >= 0.3 is 5.97 Å². The predicted octanol–water partition coefficient (Wildman–Crippen LogP) is 0.854. The van der Waals surface area contributed by atoms with Gasteiger partial charge in [0.05, 0.1) is 22.9 Å². The van der Waals surface area contributed by atoms with Gasteiger partial charge < -0.3 is 15.4 Å². The van der Waals surface area contributed by atoms with E-state index in [1.807, 2.05) is 0 Å². The highest BCUT2D eigenvalue weighted by atomic mass is 16.4. The van der Waals surface area contributed by atoms with Gasteiger partial charge in [-0.2, -0.15) is 0 Å². The Kier molecular flexibility index (Phi) is 1.67. The molecule has 0 bridgehead atoms. The molecule has 0 aromatic carbocycles. The fraction of sp³-hybridized carbons (Fsp3) is 0.111. The summed E-state index contributed by atoms with van der Waals surface area (Å²) in [5.41, 5.74) is 7.65. The van der Waals surface area contributed by atoms with E-state index in [-0.39, 0.29) is 5.69 Å². The molecule has 2 aromatic heterocycles. The van der Waals surface area contributed by atoms with Crippen molar-refractivity contribution in [3.05, 3.63) is 24.0 Å². The zero-order chi connectivity index (χ0) is 10.3. The molecule has 0 saturated carbocycles. The number of pyridine rings is 1.